The molecule has 0 aromatic heterocycles. The third kappa shape index (κ3) is 9.42. The molecule has 250 valence electrons. The molecular formula is C30H59BF4N7P. The number of likely N-dealkylation sites (tertiary alicyclic amines) is 3. The van der Waals surface area contributed by atoms with Crippen molar-refractivity contribution in [3.8, 4) is 0 Å². The van der Waals surface area contributed by atoms with E-state index >= 15 is 0 Å². The van der Waals surface area contributed by atoms with E-state index in [2.05, 4.69) is 28.7 Å². The molecule has 0 aliphatic carbocycles. The van der Waals surface area contributed by atoms with Crippen molar-refractivity contribution in [2.75, 3.05) is 78.5 Å². The standard InChI is InChI=1S/C30H58N7P.BF4/c31-38(35-22-10-13-28(35)25-32-16-4-1-5-17-32,36-23-11-14-29(36)26-33-18-6-2-7-19-33)37-24-12-15-30(37)27-34-20-8-3-9-21-34;2-1(3,4)5/h28-31H,1-27H2;/q;-1/p+1/t28-,29-,30-;/m0./s1. The molecule has 0 amide bonds. The average Bonchev–Trinajstić information content (AvgIpc) is 3.76. The quantitative estimate of drug-likeness (QED) is 0.222. The molecular weight excluding hydrogens is 576 g/mol. The second-order valence-corrected chi connectivity index (χ2v) is 16.8. The monoisotopic (exact) mass is 635 g/mol. The van der Waals surface area contributed by atoms with E-state index in [-0.39, 0.29) is 0 Å². The summed E-state index contributed by atoms with van der Waals surface area (Å²) in [5.41, 5.74) is 0. The van der Waals surface area contributed by atoms with Gasteiger partial charge in [-0.15, -0.1) is 0 Å². The molecule has 2 N–H and O–H groups in total. The van der Waals surface area contributed by atoms with Crippen LogP contribution in [0.4, 0.5) is 17.3 Å². The van der Waals surface area contributed by atoms with Crippen LogP contribution in [0.5, 0.6) is 0 Å². The van der Waals surface area contributed by atoms with Gasteiger partial charge in [0.2, 0.25) is 0 Å². The molecule has 6 heterocycles. The number of halogens is 4. The minimum atomic E-state index is -6.00. The molecule has 6 fully saturated rings. The Kier molecular flexibility index (Phi) is 12.7. The Morgan fingerprint density at radius 3 is 0.953 bits per heavy atom. The average molecular weight is 636 g/mol. The zero-order chi connectivity index (χ0) is 30.3. The first-order chi connectivity index (χ1) is 20.7. The van der Waals surface area contributed by atoms with Gasteiger partial charge in [-0.1, -0.05) is 19.3 Å². The highest BCUT2D eigenvalue weighted by Crippen LogP contribution is 2.61. The Morgan fingerprint density at radius 1 is 0.442 bits per heavy atom. The van der Waals surface area contributed by atoms with Crippen molar-refractivity contribution < 1.29 is 22.4 Å². The van der Waals surface area contributed by atoms with Crippen LogP contribution in [0.3, 0.4) is 0 Å². The van der Waals surface area contributed by atoms with E-state index in [1.807, 2.05) is 0 Å². The van der Waals surface area contributed by atoms with Crippen LogP contribution in [0, 0.1) is 0 Å². The molecule has 6 aliphatic heterocycles. The lowest BCUT2D eigenvalue weighted by atomic mass is 10.1. The highest BCUT2D eigenvalue weighted by molar-refractivity contribution is 7.56. The van der Waals surface area contributed by atoms with Gasteiger partial charge in [-0.25, -0.2) is 19.2 Å². The lowest BCUT2D eigenvalue weighted by Crippen LogP contribution is -2.59. The summed E-state index contributed by atoms with van der Waals surface area (Å²) in [6, 6.07) is 1.96. The Labute approximate surface area is 258 Å². The fourth-order valence-electron chi connectivity index (χ4n) is 8.94. The molecule has 0 saturated carbocycles. The smallest absolute Gasteiger partial charge is 0.418 e. The zero-order valence-corrected chi connectivity index (χ0v) is 27.5. The normalized spacial score (nSPS) is 31.9. The Morgan fingerprint density at radius 2 is 0.698 bits per heavy atom. The molecule has 43 heavy (non-hydrogen) atoms. The van der Waals surface area contributed by atoms with E-state index in [4.69, 9.17) is 5.16 Å². The maximum Gasteiger partial charge on any atom is 0.673 e. The molecule has 7 nitrogen and oxygen atoms in total. The molecule has 0 bridgehead atoms. The predicted octanol–water partition coefficient (Wildman–Crippen LogP) is 4.84. The zero-order valence-electron chi connectivity index (χ0n) is 26.6. The van der Waals surface area contributed by atoms with Crippen molar-refractivity contribution in [3.05, 3.63) is 0 Å². The van der Waals surface area contributed by atoms with Crippen LogP contribution in [-0.2, 0) is 0 Å². The largest absolute Gasteiger partial charge is 0.673 e. The Balaban J connectivity index is 0.000000682. The highest BCUT2D eigenvalue weighted by atomic mass is 31.2. The van der Waals surface area contributed by atoms with Crippen molar-refractivity contribution in [2.24, 2.45) is 0 Å². The van der Waals surface area contributed by atoms with E-state index in [0.29, 0.717) is 18.1 Å². The minimum absolute atomic E-state index is 0.652. The third-order valence-electron chi connectivity index (χ3n) is 10.9. The first-order valence-corrected chi connectivity index (χ1v) is 19.5. The SMILES string of the molecule is F[B-](F)(F)F.[NH2+]=P(N1CCC[C@H]1CN1CCCCC1)(N1CCC[C@H]1CN1CCCCC1)N1CCC[C@H]1CN1CCCCC1. The molecule has 0 aromatic carbocycles. The van der Waals surface area contributed by atoms with Crippen molar-refractivity contribution in [3.63, 3.8) is 0 Å². The van der Waals surface area contributed by atoms with Gasteiger partial charge in [-0.05, 0) is 116 Å². The second-order valence-electron chi connectivity index (χ2n) is 14.1. The molecule has 0 unspecified atom stereocenters. The number of nitrogens with two attached hydrogens (primary N) is 1. The summed E-state index contributed by atoms with van der Waals surface area (Å²) in [7, 11) is -8.06. The summed E-state index contributed by atoms with van der Waals surface area (Å²) >= 11 is 0. The van der Waals surface area contributed by atoms with Gasteiger partial charge in [0.1, 0.15) is 0 Å². The lowest BCUT2D eigenvalue weighted by Gasteiger charge is -2.47. The lowest BCUT2D eigenvalue weighted by molar-refractivity contribution is -0.117. The Bertz CT molecular complexity index is 777. The van der Waals surface area contributed by atoms with E-state index in [9.17, 15) is 17.3 Å². The fraction of sp³-hybridized carbons (Fsp3) is 1.00. The van der Waals surface area contributed by atoms with Crippen LogP contribution in [0.2, 0.25) is 0 Å². The molecule has 0 radical (unpaired) electrons. The third-order valence-corrected chi connectivity index (χ3v) is 14.8. The molecule has 0 spiro atoms. The number of hydrogen-bond acceptors (Lipinski definition) is 3. The summed E-state index contributed by atoms with van der Waals surface area (Å²) in [6.07, 6.45) is 20.7. The fourth-order valence-corrected chi connectivity index (χ4v) is 13.1. The highest BCUT2D eigenvalue weighted by Gasteiger charge is 2.55. The van der Waals surface area contributed by atoms with Crippen molar-refractivity contribution >= 4 is 14.8 Å². The van der Waals surface area contributed by atoms with Gasteiger partial charge in [0.25, 0.3) is 0 Å². The molecule has 6 aliphatic rings. The number of rotatable bonds is 9. The maximum absolute atomic E-state index is 9.75. The molecule has 0 aromatic rings. The molecule has 3 atom stereocenters. The Hall–Kier alpha value is -0.225. The predicted molar refractivity (Wildman–Crippen MR) is 169 cm³/mol. The number of nitrogens with zero attached hydrogens (tertiary/aromatic N) is 6. The van der Waals surface area contributed by atoms with Crippen LogP contribution >= 0.6 is 7.51 Å². The van der Waals surface area contributed by atoms with Crippen LogP contribution in [0.1, 0.15) is 96.3 Å². The first-order valence-electron chi connectivity index (χ1n) is 17.7. The van der Waals surface area contributed by atoms with Gasteiger partial charge >= 0.3 is 14.8 Å². The second kappa shape index (κ2) is 16.1. The van der Waals surface area contributed by atoms with E-state index < -0.39 is 14.8 Å². The van der Waals surface area contributed by atoms with Crippen molar-refractivity contribution in [1.82, 2.24) is 28.7 Å². The molecule has 13 heteroatoms. The first kappa shape index (κ1) is 34.1. The van der Waals surface area contributed by atoms with Crippen LogP contribution in [0.15, 0.2) is 0 Å². The van der Waals surface area contributed by atoms with Crippen LogP contribution < -0.4 is 5.16 Å². The minimum Gasteiger partial charge on any atom is -0.418 e. The number of piperidine rings is 3. The summed E-state index contributed by atoms with van der Waals surface area (Å²) in [6.45, 7) is 15.3. The van der Waals surface area contributed by atoms with Crippen molar-refractivity contribution in [1.29, 1.82) is 0 Å². The van der Waals surface area contributed by atoms with Crippen LogP contribution in [0.25, 0.3) is 0 Å². The van der Waals surface area contributed by atoms with E-state index in [1.54, 1.807) is 0 Å². The van der Waals surface area contributed by atoms with Gasteiger partial charge in [0, 0.05) is 57.4 Å². The molecule has 6 saturated heterocycles. The van der Waals surface area contributed by atoms with Crippen molar-refractivity contribution in [2.45, 2.75) is 114 Å². The van der Waals surface area contributed by atoms with Gasteiger partial charge in [0.15, 0.2) is 0 Å². The maximum atomic E-state index is 9.75. The van der Waals surface area contributed by atoms with E-state index in [0.717, 1.165) is 0 Å². The summed E-state index contributed by atoms with van der Waals surface area (Å²) < 4.78 is 47.9. The van der Waals surface area contributed by atoms with Crippen LogP contribution in [-0.4, -0.2) is 133 Å². The number of hydrogen-bond donors (Lipinski definition) is 1. The van der Waals surface area contributed by atoms with Gasteiger partial charge in [-0.2, -0.15) is 0 Å². The van der Waals surface area contributed by atoms with Gasteiger partial charge < -0.3 is 32.0 Å². The topological polar surface area (TPSA) is 45.0 Å². The summed E-state index contributed by atoms with van der Waals surface area (Å²) in [5.74, 6) is 0. The van der Waals surface area contributed by atoms with Gasteiger partial charge in [-0.3, -0.25) is 0 Å². The summed E-state index contributed by atoms with van der Waals surface area (Å²) in [4.78, 5) is 8.38. The summed E-state index contributed by atoms with van der Waals surface area (Å²) in [5, 5.41) is 8.13. The van der Waals surface area contributed by atoms with E-state index in [1.165, 1.54) is 175 Å². The van der Waals surface area contributed by atoms with Gasteiger partial charge in [0.05, 0.1) is 0 Å². The molecule has 6 rings (SSSR count).